The van der Waals surface area contributed by atoms with Gasteiger partial charge in [0.15, 0.2) is 5.11 Å². The van der Waals surface area contributed by atoms with E-state index < -0.39 is 5.97 Å². The van der Waals surface area contributed by atoms with Crippen molar-refractivity contribution in [2.24, 2.45) is 0 Å². The summed E-state index contributed by atoms with van der Waals surface area (Å²) in [6, 6.07) is 20.0. The van der Waals surface area contributed by atoms with Crippen LogP contribution in [0.2, 0.25) is 5.02 Å². The second-order valence-electron chi connectivity index (χ2n) is 9.47. The fourth-order valence-electron chi connectivity index (χ4n) is 5.20. The van der Waals surface area contributed by atoms with Gasteiger partial charge in [0, 0.05) is 36.1 Å². The van der Waals surface area contributed by atoms with Crippen LogP contribution in [0.15, 0.2) is 72.9 Å². The van der Waals surface area contributed by atoms with Crippen LogP contribution in [-0.4, -0.2) is 46.1 Å². The molecule has 8 nitrogen and oxygen atoms in total. The third kappa shape index (κ3) is 5.28. The minimum Gasteiger partial charge on any atom is -0.490 e. The Balaban J connectivity index is 1.61. The molecule has 1 aliphatic rings. The number of thiocarbonyl (C=S) groups is 1. The Morgan fingerprint density at radius 2 is 1.90 bits per heavy atom. The van der Waals surface area contributed by atoms with E-state index in [0.29, 0.717) is 29.1 Å². The highest BCUT2D eigenvalue weighted by Crippen LogP contribution is 2.45. The van der Waals surface area contributed by atoms with Crippen molar-refractivity contribution in [3.8, 4) is 11.4 Å². The molecule has 0 unspecified atom stereocenters. The molecule has 0 bridgehead atoms. The summed E-state index contributed by atoms with van der Waals surface area (Å²) in [5.74, 6) is -0.405. The Hall–Kier alpha value is -3.92. The average Bonchev–Trinajstić information content (AvgIpc) is 3.44. The summed E-state index contributed by atoms with van der Waals surface area (Å²) in [6.45, 7) is 4.88. The summed E-state index contributed by atoms with van der Waals surface area (Å²) >= 11 is 12.5. The van der Waals surface area contributed by atoms with Crippen molar-refractivity contribution in [3.05, 3.63) is 106 Å². The van der Waals surface area contributed by atoms with Crippen LogP contribution in [0.3, 0.4) is 0 Å². The Morgan fingerprint density at radius 1 is 1.07 bits per heavy atom. The van der Waals surface area contributed by atoms with Crippen molar-refractivity contribution in [2.45, 2.75) is 25.9 Å². The summed E-state index contributed by atoms with van der Waals surface area (Å²) in [5.41, 5.74) is 5.61. The van der Waals surface area contributed by atoms with Gasteiger partial charge >= 0.3 is 5.97 Å². The number of halogens is 1. The summed E-state index contributed by atoms with van der Waals surface area (Å²) in [4.78, 5) is 18.4. The van der Waals surface area contributed by atoms with Gasteiger partial charge in [-0.25, -0.2) is 4.79 Å². The van der Waals surface area contributed by atoms with Gasteiger partial charge in [-0.3, -0.25) is 4.98 Å². The minimum atomic E-state index is -0.970. The summed E-state index contributed by atoms with van der Waals surface area (Å²) in [5, 5.41) is 14.0. The number of aromatic nitrogens is 2. The van der Waals surface area contributed by atoms with Gasteiger partial charge < -0.3 is 29.4 Å². The lowest BCUT2D eigenvalue weighted by Gasteiger charge is -2.28. The van der Waals surface area contributed by atoms with Gasteiger partial charge in [0.2, 0.25) is 0 Å². The lowest BCUT2D eigenvalue weighted by Crippen LogP contribution is -2.29. The molecule has 1 aliphatic heterocycles. The van der Waals surface area contributed by atoms with Crippen molar-refractivity contribution in [3.63, 3.8) is 0 Å². The number of methoxy groups -OCH3 is 1. The molecule has 5 rings (SSSR count). The molecular formula is C30H29ClN4O4S. The third-order valence-electron chi connectivity index (χ3n) is 6.98. The van der Waals surface area contributed by atoms with Crippen LogP contribution in [0.1, 0.15) is 45.1 Å². The SMILES string of the molecule is COCCOc1ccc(N2C(=S)N[C@@H](c3ccccn3)[C@@H]2c2cc(C)n(-c3cccc(C(=O)O)c3)c2C)cc1Cl. The molecule has 2 aromatic heterocycles. The van der Waals surface area contributed by atoms with Gasteiger partial charge in [-0.2, -0.15) is 0 Å². The van der Waals surface area contributed by atoms with E-state index in [9.17, 15) is 9.90 Å². The van der Waals surface area contributed by atoms with Gasteiger partial charge in [-0.15, -0.1) is 0 Å². The maximum Gasteiger partial charge on any atom is 0.335 e. The molecule has 0 radical (unpaired) electrons. The zero-order valence-electron chi connectivity index (χ0n) is 22.3. The minimum absolute atomic E-state index is 0.227. The number of carbonyl (C=O) groups is 1. The number of hydrogen-bond donors (Lipinski definition) is 2. The first kappa shape index (κ1) is 27.6. The molecular weight excluding hydrogens is 548 g/mol. The number of pyridine rings is 1. The molecule has 1 saturated heterocycles. The van der Waals surface area contributed by atoms with E-state index in [2.05, 4.69) is 25.8 Å². The largest absolute Gasteiger partial charge is 0.490 e. The number of nitrogens with one attached hydrogen (secondary N) is 1. The van der Waals surface area contributed by atoms with Crippen LogP contribution in [-0.2, 0) is 4.74 Å². The quantitative estimate of drug-likeness (QED) is 0.184. The van der Waals surface area contributed by atoms with Crippen molar-refractivity contribution in [1.29, 1.82) is 0 Å². The standard InChI is InChI=1S/C30H29ClN4O4S/c1-18-15-23(19(2)34(18)21-8-6-7-20(16-21)29(36)37)28-27(25-9-4-5-12-32-25)33-30(40)35(28)22-10-11-26(24(31)17-22)39-14-13-38-3/h4-12,15-17,27-28H,13-14H2,1-3H3,(H,33,40)(H,36,37)/t27-,28-/m0/s1. The van der Waals surface area contributed by atoms with Crippen molar-refractivity contribution >= 4 is 40.6 Å². The highest BCUT2D eigenvalue weighted by atomic mass is 35.5. The molecule has 1 fully saturated rings. The molecule has 40 heavy (non-hydrogen) atoms. The number of benzene rings is 2. The molecule has 3 heterocycles. The number of aromatic carboxylic acids is 1. The van der Waals surface area contributed by atoms with Crippen LogP contribution >= 0.6 is 23.8 Å². The van der Waals surface area contributed by atoms with Crippen LogP contribution in [0, 0.1) is 13.8 Å². The number of carboxylic acid groups (broad SMARTS) is 1. The Labute approximate surface area is 243 Å². The second kappa shape index (κ2) is 11.7. The number of rotatable bonds is 9. The number of anilines is 1. The predicted molar refractivity (Wildman–Crippen MR) is 159 cm³/mol. The van der Waals surface area contributed by atoms with E-state index in [-0.39, 0.29) is 17.6 Å². The van der Waals surface area contributed by atoms with Gasteiger partial charge in [-0.1, -0.05) is 23.7 Å². The van der Waals surface area contributed by atoms with Crippen molar-refractivity contribution in [1.82, 2.24) is 14.9 Å². The van der Waals surface area contributed by atoms with E-state index in [4.69, 9.17) is 33.3 Å². The van der Waals surface area contributed by atoms with E-state index in [0.717, 1.165) is 34.0 Å². The number of aryl methyl sites for hydroxylation is 1. The maximum atomic E-state index is 11.7. The number of carboxylic acids is 1. The highest BCUT2D eigenvalue weighted by molar-refractivity contribution is 7.80. The zero-order valence-corrected chi connectivity index (χ0v) is 23.9. The molecule has 0 amide bonds. The number of hydrogen-bond acceptors (Lipinski definition) is 5. The first-order chi connectivity index (χ1) is 19.3. The Kier molecular flexibility index (Phi) is 8.07. The smallest absolute Gasteiger partial charge is 0.335 e. The first-order valence-electron chi connectivity index (χ1n) is 12.7. The summed E-state index contributed by atoms with van der Waals surface area (Å²) in [7, 11) is 1.62. The average molecular weight is 577 g/mol. The fraction of sp³-hybridized carbons (Fsp3) is 0.233. The van der Waals surface area contributed by atoms with Crippen molar-refractivity contribution < 1.29 is 19.4 Å². The van der Waals surface area contributed by atoms with Gasteiger partial charge in [0.1, 0.15) is 12.4 Å². The lowest BCUT2D eigenvalue weighted by molar-refractivity contribution is 0.0697. The van der Waals surface area contributed by atoms with Crippen LogP contribution in [0.5, 0.6) is 5.75 Å². The maximum absolute atomic E-state index is 11.7. The summed E-state index contributed by atoms with van der Waals surface area (Å²) < 4.78 is 12.9. The normalized spacial score (nSPS) is 16.7. The molecule has 2 atom stereocenters. The molecule has 10 heteroatoms. The molecule has 0 aliphatic carbocycles. The fourth-order valence-corrected chi connectivity index (χ4v) is 5.78. The van der Waals surface area contributed by atoms with E-state index in [1.807, 2.05) is 56.3 Å². The van der Waals surface area contributed by atoms with Crippen LogP contribution in [0.25, 0.3) is 5.69 Å². The second-order valence-corrected chi connectivity index (χ2v) is 10.3. The molecule has 0 saturated carbocycles. The van der Waals surface area contributed by atoms with E-state index in [1.165, 1.54) is 0 Å². The van der Waals surface area contributed by atoms with E-state index >= 15 is 0 Å². The topological polar surface area (TPSA) is 88.9 Å². The predicted octanol–water partition coefficient (Wildman–Crippen LogP) is 6.04. The van der Waals surface area contributed by atoms with Crippen LogP contribution in [0.4, 0.5) is 5.69 Å². The highest BCUT2D eigenvalue weighted by Gasteiger charge is 2.42. The Morgan fingerprint density at radius 3 is 2.60 bits per heavy atom. The first-order valence-corrected chi connectivity index (χ1v) is 13.5. The number of ether oxygens (including phenoxy) is 2. The van der Waals surface area contributed by atoms with Crippen LogP contribution < -0.4 is 15.0 Å². The van der Waals surface area contributed by atoms with Gasteiger partial charge in [0.25, 0.3) is 0 Å². The Bertz CT molecular complexity index is 1560. The summed E-state index contributed by atoms with van der Waals surface area (Å²) in [6.07, 6.45) is 1.77. The van der Waals surface area contributed by atoms with Gasteiger partial charge in [-0.05, 0) is 86.2 Å². The molecule has 0 spiro atoms. The molecule has 2 N–H and O–H groups in total. The van der Waals surface area contributed by atoms with E-state index in [1.54, 1.807) is 31.5 Å². The molecule has 2 aromatic carbocycles. The molecule has 206 valence electrons. The number of nitrogens with zero attached hydrogens (tertiary/aromatic N) is 3. The zero-order chi connectivity index (χ0) is 28.4. The van der Waals surface area contributed by atoms with Gasteiger partial charge in [0.05, 0.1) is 35.0 Å². The third-order valence-corrected chi connectivity index (χ3v) is 7.59. The molecule has 4 aromatic rings. The monoisotopic (exact) mass is 576 g/mol. The lowest BCUT2D eigenvalue weighted by atomic mass is 9.96. The van der Waals surface area contributed by atoms with Crippen molar-refractivity contribution in [2.75, 3.05) is 25.2 Å².